The van der Waals surface area contributed by atoms with Crippen molar-refractivity contribution in [3.63, 3.8) is 0 Å². The number of nitrogen functional groups attached to an aromatic ring is 1. The predicted molar refractivity (Wildman–Crippen MR) is 64.0 cm³/mol. The molecule has 0 aliphatic carbocycles. The number of hydrogen-bond acceptors (Lipinski definition) is 6. The van der Waals surface area contributed by atoms with Crippen molar-refractivity contribution in [1.82, 2.24) is 19.5 Å². The highest BCUT2D eigenvalue weighted by Gasteiger charge is 2.14. The monoisotopic (exact) mass is 244 g/mol. The molecule has 0 fully saturated rings. The van der Waals surface area contributed by atoms with Gasteiger partial charge in [0.25, 0.3) is 0 Å². The lowest BCUT2D eigenvalue weighted by Crippen LogP contribution is -2.12. The number of rotatable bonds is 3. The van der Waals surface area contributed by atoms with Gasteiger partial charge in [-0.05, 0) is 13.8 Å². The highest BCUT2D eigenvalue weighted by molar-refractivity contribution is 5.60. The summed E-state index contributed by atoms with van der Waals surface area (Å²) in [6, 6.07) is 1.96. The summed E-state index contributed by atoms with van der Waals surface area (Å²) in [5, 5.41) is 8.93. The molecule has 2 heterocycles. The van der Waals surface area contributed by atoms with Gasteiger partial charge in [-0.25, -0.2) is 9.97 Å². The second kappa shape index (κ2) is 4.71. The second-order valence-corrected chi connectivity index (χ2v) is 3.82. The first kappa shape index (κ1) is 11.9. The Balaban J connectivity index is 2.50. The van der Waals surface area contributed by atoms with Crippen LogP contribution < -0.4 is 10.5 Å². The van der Waals surface area contributed by atoms with Gasteiger partial charge in [0.15, 0.2) is 5.82 Å². The van der Waals surface area contributed by atoms with Crippen molar-refractivity contribution in [2.75, 3.05) is 5.73 Å². The van der Waals surface area contributed by atoms with Crippen molar-refractivity contribution in [3.8, 4) is 17.8 Å². The Bertz CT molecular complexity index is 598. The number of imidazole rings is 1. The average Bonchev–Trinajstić information content (AvgIpc) is 2.79. The van der Waals surface area contributed by atoms with Crippen molar-refractivity contribution in [2.45, 2.75) is 20.0 Å². The van der Waals surface area contributed by atoms with Gasteiger partial charge in [-0.15, -0.1) is 0 Å². The first-order valence-electron chi connectivity index (χ1n) is 5.34. The standard InChI is InChI=1S/C11H12N6O/c1-7(2)18-11-9(13)10(15-6-16-11)17-4-3-14-8(17)5-12/h3-4,6-7H,13H2,1-2H3. The summed E-state index contributed by atoms with van der Waals surface area (Å²) < 4.78 is 6.95. The quantitative estimate of drug-likeness (QED) is 0.860. The number of anilines is 1. The Labute approximate surface area is 104 Å². The van der Waals surface area contributed by atoms with E-state index in [1.165, 1.54) is 17.1 Å². The smallest absolute Gasteiger partial charge is 0.242 e. The first-order valence-corrected chi connectivity index (χ1v) is 5.34. The number of nitrogens with zero attached hydrogens (tertiary/aromatic N) is 5. The Kier molecular flexibility index (Phi) is 3.10. The molecule has 0 amide bonds. The molecule has 0 atom stereocenters. The van der Waals surface area contributed by atoms with Crippen LogP contribution in [-0.2, 0) is 0 Å². The third kappa shape index (κ3) is 2.08. The topological polar surface area (TPSA) is 103 Å². The maximum absolute atomic E-state index is 8.93. The average molecular weight is 244 g/mol. The van der Waals surface area contributed by atoms with Crippen LogP contribution >= 0.6 is 0 Å². The Morgan fingerprint density at radius 3 is 2.83 bits per heavy atom. The molecule has 2 aromatic heterocycles. The maximum atomic E-state index is 8.93. The lowest BCUT2D eigenvalue weighted by atomic mass is 10.4. The zero-order chi connectivity index (χ0) is 13.1. The van der Waals surface area contributed by atoms with Crippen LogP contribution in [0.15, 0.2) is 18.7 Å². The minimum absolute atomic E-state index is 0.0479. The van der Waals surface area contributed by atoms with Gasteiger partial charge in [-0.1, -0.05) is 0 Å². The minimum Gasteiger partial charge on any atom is -0.473 e. The van der Waals surface area contributed by atoms with E-state index in [9.17, 15) is 0 Å². The molecule has 7 nitrogen and oxygen atoms in total. The highest BCUT2D eigenvalue weighted by Crippen LogP contribution is 2.24. The molecule has 0 aliphatic rings. The number of nitrogens with two attached hydrogens (primary N) is 1. The van der Waals surface area contributed by atoms with Crippen molar-refractivity contribution in [1.29, 1.82) is 5.26 Å². The summed E-state index contributed by atoms with van der Waals surface area (Å²) in [5.41, 5.74) is 6.22. The van der Waals surface area contributed by atoms with E-state index in [0.717, 1.165) is 0 Å². The van der Waals surface area contributed by atoms with Gasteiger partial charge in [0.05, 0.1) is 6.10 Å². The Morgan fingerprint density at radius 2 is 2.17 bits per heavy atom. The zero-order valence-electron chi connectivity index (χ0n) is 10.0. The molecule has 2 N–H and O–H groups in total. The van der Waals surface area contributed by atoms with Gasteiger partial charge < -0.3 is 10.5 Å². The maximum Gasteiger partial charge on any atom is 0.242 e. The first-order chi connectivity index (χ1) is 8.63. The minimum atomic E-state index is -0.0479. The molecule has 92 valence electrons. The van der Waals surface area contributed by atoms with E-state index in [0.29, 0.717) is 11.7 Å². The number of hydrogen-bond donors (Lipinski definition) is 1. The van der Waals surface area contributed by atoms with Crippen LogP contribution in [-0.4, -0.2) is 25.6 Å². The highest BCUT2D eigenvalue weighted by atomic mass is 16.5. The summed E-state index contributed by atoms with van der Waals surface area (Å²) in [4.78, 5) is 11.9. The molecule has 0 unspecified atom stereocenters. The molecule has 0 aliphatic heterocycles. The summed E-state index contributed by atoms with van der Waals surface area (Å²) in [7, 11) is 0. The van der Waals surface area contributed by atoms with E-state index >= 15 is 0 Å². The van der Waals surface area contributed by atoms with Crippen LogP contribution in [0.3, 0.4) is 0 Å². The summed E-state index contributed by atoms with van der Waals surface area (Å²) in [6.45, 7) is 3.75. The van der Waals surface area contributed by atoms with Gasteiger partial charge in [0.1, 0.15) is 18.1 Å². The molecule has 0 spiro atoms. The van der Waals surface area contributed by atoms with Crippen LogP contribution in [0, 0.1) is 11.3 Å². The van der Waals surface area contributed by atoms with Crippen LogP contribution in [0.4, 0.5) is 5.69 Å². The normalized spacial score (nSPS) is 10.3. The van der Waals surface area contributed by atoms with Gasteiger partial charge in [0.2, 0.25) is 11.7 Å². The molecule has 0 bridgehead atoms. The third-order valence-electron chi connectivity index (χ3n) is 2.14. The van der Waals surface area contributed by atoms with Crippen LogP contribution in [0.2, 0.25) is 0 Å². The Hall–Kier alpha value is -2.62. The fourth-order valence-electron chi connectivity index (χ4n) is 1.44. The zero-order valence-corrected chi connectivity index (χ0v) is 10.0. The fraction of sp³-hybridized carbons (Fsp3) is 0.273. The molecule has 0 saturated carbocycles. The van der Waals surface area contributed by atoms with Gasteiger partial charge in [0, 0.05) is 12.4 Å². The Morgan fingerprint density at radius 1 is 1.39 bits per heavy atom. The molecule has 0 aromatic carbocycles. The van der Waals surface area contributed by atoms with Crippen molar-refractivity contribution >= 4 is 5.69 Å². The molecular formula is C11H12N6O. The summed E-state index contributed by atoms with van der Waals surface area (Å²) >= 11 is 0. The predicted octanol–water partition coefficient (Wildman–Crippen LogP) is 0.903. The third-order valence-corrected chi connectivity index (χ3v) is 2.14. The van der Waals surface area contributed by atoms with Crippen LogP contribution in [0.25, 0.3) is 5.82 Å². The number of aromatic nitrogens is 4. The number of nitriles is 1. The van der Waals surface area contributed by atoms with Crippen LogP contribution in [0.5, 0.6) is 5.88 Å². The van der Waals surface area contributed by atoms with Crippen molar-refractivity contribution < 1.29 is 4.74 Å². The molecular weight excluding hydrogens is 232 g/mol. The van der Waals surface area contributed by atoms with Gasteiger partial charge in [-0.2, -0.15) is 10.2 Å². The lowest BCUT2D eigenvalue weighted by molar-refractivity contribution is 0.233. The largest absolute Gasteiger partial charge is 0.473 e. The van der Waals surface area contributed by atoms with E-state index in [1.807, 2.05) is 19.9 Å². The second-order valence-electron chi connectivity index (χ2n) is 3.82. The van der Waals surface area contributed by atoms with Gasteiger partial charge >= 0.3 is 0 Å². The molecule has 0 radical (unpaired) electrons. The van der Waals surface area contributed by atoms with E-state index in [-0.39, 0.29) is 17.6 Å². The summed E-state index contributed by atoms with van der Waals surface area (Å²) in [5.74, 6) is 0.887. The SMILES string of the molecule is CC(C)Oc1ncnc(-n2ccnc2C#N)c1N. The van der Waals surface area contributed by atoms with E-state index < -0.39 is 0 Å². The molecule has 0 saturated heterocycles. The number of ether oxygens (including phenoxy) is 1. The van der Waals surface area contributed by atoms with E-state index in [4.69, 9.17) is 15.7 Å². The fourth-order valence-corrected chi connectivity index (χ4v) is 1.44. The molecule has 7 heteroatoms. The van der Waals surface area contributed by atoms with Crippen molar-refractivity contribution in [3.05, 3.63) is 24.5 Å². The van der Waals surface area contributed by atoms with E-state index in [1.54, 1.807) is 6.20 Å². The van der Waals surface area contributed by atoms with Crippen molar-refractivity contribution in [2.24, 2.45) is 0 Å². The lowest BCUT2D eigenvalue weighted by Gasteiger charge is -2.13. The van der Waals surface area contributed by atoms with Gasteiger partial charge in [-0.3, -0.25) is 4.57 Å². The van der Waals surface area contributed by atoms with E-state index in [2.05, 4.69) is 15.0 Å². The molecule has 2 rings (SSSR count). The molecule has 18 heavy (non-hydrogen) atoms. The molecule has 2 aromatic rings. The van der Waals surface area contributed by atoms with Crippen LogP contribution in [0.1, 0.15) is 19.7 Å². The summed E-state index contributed by atoms with van der Waals surface area (Å²) in [6.07, 6.45) is 4.40.